The second kappa shape index (κ2) is 48.5. The van der Waals surface area contributed by atoms with Gasteiger partial charge in [-0.3, -0.25) is 0 Å². The molecule has 10 aromatic carbocycles. The fourth-order valence-electron chi connectivity index (χ4n) is 8.30. The molecule has 0 radical (unpaired) electrons. The molecule has 0 aliphatic heterocycles. The maximum atomic E-state index is 5.01. The van der Waals surface area contributed by atoms with E-state index in [1.165, 1.54) is 88.0 Å². The molecule has 0 unspecified atom stereocenters. The molecule has 0 nitrogen and oxygen atoms in total. The van der Waals surface area contributed by atoms with Crippen LogP contribution in [0.2, 0.25) is 0 Å². The number of benzene rings is 10. The Kier molecular flexibility index (Phi) is 49.6. The van der Waals surface area contributed by atoms with Gasteiger partial charge < -0.3 is 75.8 Å². The number of alkyl halides is 2. The molecular weight excluding hydrogens is 1620 g/mol. The molecule has 0 bridgehead atoms. The first-order valence-corrected chi connectivity index (χ1v) is 32.0. The van der Waals surface area contributed by atoms with Gasteiger partial charge in [0.15, 0.2) is 0 Å². The van der Waals surface area contributed by atoms with Gasteiger partial charge in [-0.2, -0.15) is 29.4 Å². The van der Waals surface area contributed by atoms with Crippen molar-refractivity contribution in [3.05, 3.63) is 297 Å². The number of aryl methyl sites for hydroxylation is 12. The average Bonchev–Trinajstić information content (AvgIpc) is 0.794. The predicted octanol–water partition coefficient (Wildman–Crippen LogP) is 19.0. The van der Waals surface area contributed by atoms with Gasteiger partial charge in [-0.25, -0.2) is 0 Å². The summed E-state index contributed by atoms with van der Waals surface area (Å²) >= 11 is 39.6. The van der Waals surface area contributed by atoms with Crippen LogP contribution >= 0.6 is 30.5 Å². The van der Waals surface area contributed by atoms with Crippen LogP contribution in [-0.4, -0.2) is 5.34 Å². The fourth-order valence-corrected chi connectivity index (χ4v) is 13.3. The largest absolute Gasteiger partial charge is 1.00 e. The van der Waals surface area contributed by atoms with Gasteiger partial charge in [-0.1, -0.05) is 249 Å². The Balaban J connectivity index is -0.000000981. The fraction of sp³-hybridized carbons (Fsp3) is 0.178. The third kappa shape index (κ3) is 32.3. The van der Waals surface area contributed by atoms with Gasteiger partial charge in [0.2, 0.25) is 0 Å². The van der Waals surface area contributed by atoms with Crippen molar-refractivity contribution in [1.82, 2.24) is 0 Å². The zero-order chi connectivity index (χ0) is 60.8. The van der Waals surface area contributed by atoms with Gasteiger partial charge in [-0.05, 0) is 132 Å². The third-order valence-corrected chi connectivity index (χ3v) is 19.6. The second-order valence-corrected chi connectivity index (χ2v) is 26.6. The molecule has 0 fully saturated rings. The summed E-state index contributed by atoms with van der Waals surface area (Å²) in [7, 11) is -1.91. The van der Waals surface area contributed by atoms with Crippen LogP contribution in [0.25, 0.3) is 0 Å². The van der Waals surface area contributed by atoms with Crippen LogP contribution in [0.15, 0.2) is 260 Å². The first-order chi connectivity index (χ1) is 39.0. The summed E-state index contributed by atoms with van der Waals surface area (Å²) in [5.74, 6) is 0. The van der Waals surface area contributed by atoms with E-state index in [1.807, 2.05) is 114 Å². The normalized spacial score (nSPS) is 9.36. The minimum atomic E-state index is -1.91. The smallest absolute Gasteiger partial charge is 0.779 e. The number of hydrogen-bond acceptors (Lipinski definition) is 6. The van der Waals surface area contributed by atoms with E-state index in [0.29, 0.717) is 0 Å². The quantitative estimate of drug-likeness (QED) is 0.0740. The molecule has 0 atom stereocenters. The van der Waals surface area contributed by atoms with E-state index in [9.17, 15) is 0 Å². The summed E-state index contributed by atoms with van der Waals surface area (Å²) in [5.41, 5.74) is 14.9. The SMILES string of the molecule is Cc1ccc([S-])c(C)c1.Cc1ccc([S-])c(C)c1.Cc1ccc([S-])c(C)c1.Cc1ccc([S-])c(C)c1.Cc1ccc([S-])c(C)c1.Cc1ccc([S-])c(C)c1.ClCCl.[Ag+].[Ag+].[Ag+].[Cu+].[Cu+].c1ccc([P+](c2ccccc2)(c2ccccc2)c2ccccc2)cc1. The van der Waals surface area contributed by atoms with Crippen molar-refractivity contribution < 1.29 is 101 Å². The molecule has 0 saturated carbocycles. The van der Waals surface area contributed by atoms with E-state index in [1.54, 1.807) is 0 Å². The molecule has 0 heterocycles. The van der Waals surface area contributed by atoms with Crippen LogP contribution in [0, 0.1) is 83.1 Å². The Morgan fingerprint density at radius 1 is 0.241 bits per heavy atom. The molecule has 0 saturated heterocycles. The van der Waals surface area contributed by atoms with Crippen molar-refractivity contribution in [2.24, 2.45) is 0 Å². The van der Waals surface area contributed by atoms with Crippen molar-refractivity contribution in [3.8, 4) is 0 Å². The van der Waals surface area contributed by atoms with Crippen LogP contribution in [0.4, 0.5) is 0 Å². The summed E-state index contributed by atoms with van der Waals surface area (Å²) in [6.07, 6.45) is 0. The molecular formula is C73H76Ag3Cl2Cu2PS6. The molecule has 14 heteroatoms. The Labute approximate surface area is 635 Å². The zero-order valence-electron chi connectivity index (χ0n) is 50.8. The molecule has 10 aromatic rings. The standard InChI is InChI=1S/C24H20P.6C8H10S.CH2Cl2.3Ag.2Cu/c1-5-13-21(14-6-1)25(22-15-7-2-8-16-22,23-17-9-3-10-18-23)24-19-11-4-12-20-24;6*1-6-3-4-8(9)7(2)5-6;2-1-3;;;;;/h1-20H;6*3-5,9H,1-2H3;1H2;;;;;/q+1;;;;;;;;5*+1/p-6. The zero-order valence-corrected chi connectivity index (χ0v) is 64.4. The molecule has 0 aliphatic rings. The topological polar surface area (TPSA) is 0 Å². The van der Waals surface area contributed by atoms with Crippen LogP contribution in [-0.2, 0) is 177 Å². The van der Waals surface area contributed by atoms with E-state index in [-0.39, 0.29) is 107 Å². The first-order valence-electron chi connectivity index (χ1n) is 26.7. The second-order valence-electron chi connectivity index (χ2n) is 19.7. The van der Waals surface area contributed by atoms with E-state index in [0.717, 1.165) is 29.4 Å². The van der Waals surface area contributed by atoms with Gasteiger partial charge in [0.05, 0.1) is 5.34 Å². The Morgan fingerprint density at radius 3 is 0.471 bits per heavy atom. The predicted molar refractivity (Wildman–Crippen MR) is 377 cm³/mol. The molecule has 87 heavy (non-hydrogen) atoms. The summed E-state index contributed by atoms with van der Waals surface area (Å²) in [6, 6.07) is 80.5. The van der Waals surface area contributed by atoms with Crippen molar-refractivity contribution in [2.75, 3.05) is 5.34 Å². The van der Waals surface area contributed by atoms with Crippen LogP contribution in [0.5, 0.6) is 0 Å². The minimum absolute atomic E-state index is 0. The molecule has 0 amide bonds. The molecule has 0 N–H and O–H groups in total. The molecule has 0 aromatic heterocycles. The van der Waals surface area contributed by atoms with E-state index < -0.39 is 7.26 Å². The maximum absolute atomic E-state index is 5.01. The number of halogens is 2. The van der Waals surface area contributed by atoms with Gasteiger partial charge in [0.25, 0.3) is 0 Å². The molecule has 10 rings (SSSR count). The van der Waals surface area contributed by atoms with Crippen LogP contribution < -0.4 is 21.2 Å². The monoisotopic (exact) mass is 1690 g/mol. The third-order valence-electron chi connectivity index (χ3n) is 12.6. The summed E-state index contributed by atoms with van der Waals surface area (Å²) < 4.78 is 0. The minimum Gasteiger partial charge on any atom is -0.779 e. The van der Waals surface area contributed by atoms with Gasteiger partial charge >= 0.3 is 101 Å². The Hall–Kier alpha value is -2.21. The molecule has 0 aliphatic carbocycles. The molecule has 0 spiro atoms. The average molecular weight is 1700 g/mol. The van der Waals surface area contributed by atoms with Gasteiger partial charge in [0, 0.05) is 0 Å². The van der Waals surface area contributed by atoms with Crippen molar-refractivity contribution >= 4 is 127 Å². The van der Waals surface area contributed by atoms with E-state index >= 15 is 0 Å². The van der Waals surface area contributed by atoms with Gasteiger partial charge in [0.1, 0.15) is 28.5 Å². The first kappa shape index (κ1) is 89.0. The maximum Gasteiger partial charge on any atom is 1.00 e. The summed E-state index contributed by atoms with van der Waals surface area (Å²) in [4.78, 5) is 5.75. The number of hydrogen-bond donors (Lipinski definition) is 0. The van der Waals surface area contributed by atoms with Crippen molar-refractivity contribution in [1.29, 1.82) is 0 Å². The van der Waals surface area contributed by atoms with E-state index in [2.05, 4.69) is 199 Å². The van der Waals surface area contributed by atoms with Gasteiger partial charge in [-0.15, -0.1) is 23.2 Å². The van der Waals surface area contributed by atoms with Crippen LogP contribution in [0.1, 0.15) is 66.8 Å². The summed E-state index contributed by atoms with van der Waals surface area (Å²) in [5, 5.41) is 5.74. The Bertz CT molecular complexity index is 2930. The van der Waals surface area contributed by atoms with Crippen molar-refractivity contribution in [2.45, 2.75) is 112 Å². The Morgan fingerprint density at radius 2 is 0.368 bits per heavy atom. The van der Waals surface area contributed by atoms with Crippen molar-refractivity contribution in [3.63, 3.8) is 0 Å². The van der Waals surface area contributed by atoms with Crippen LogP contribution in [0.3, 0.4) is 0 Å². The summed E-state index contributed by atoms with van der Waals surface area (Å²) in [6.45, 7) is 24.6. The molecule has 478 valence electrons. The van der Waals surface area contributed by atoms with E-state index in [4.69, 9.17) is 99.0 Å². The number of rotatable bonds is 4.